The minimum atomic E-state index is -1.31. The van der Waals surface area contributed by atoms with Gasteiger partial charge in [0.2, 0.25) is 11.9 Å². The van der Waals surface area contributed by atoms with Crippen molar-refractivity contribution in [1.82, 2.24) is 0 Å². The van der Waals surface area contributed by atoms with E-state index in [1.54, 1.807) is 13.0 Å². The lowest BCUT2D eigenvalue weighted by Crippen LogP contribution is -2.37. The fourth-order valence-corrected chi connectivity index (χ4v) is 4.15. The van der Waals surface area contributed by atoms with Crippen LogP contribution in [0.15, 0.2) is 30.5 Å². The van der Waals surface area contributed by atoms with Gasteiger partial charge in [0.05, 0.1) is 12.2 Å². The Morgan fingerprint density at radius 2 is 1.97 bits per heavy atom. The van der Waals surface area contributed by atoms with Crippen LogP contribution in [0.5, 0.6) is 0 Å². The number of hydrogen-bond acceptors (Lipinski definition) is 5. The Balaban J connectivity index is 1.92. The molecule has 1 aliphatic heterocycles. The molecule has 1 aliphatic rings. The van der Waals surface area contributed by atoms with E-state index in [0.717, 1.165) is 17.3 Å². The minimum absolute atomic E-state index is 0.0253. The van der Waals surface area contributed by atoms with Gasteiger partial charge in [0.25, 0.3) is 5.91 Å². The summed E-state index contributed by atoms with van der Waals surface area (Å²) in [6.07, 6.45) is -1.02. The number of aliphatic hydroxyl groups is 2. The van der Waals surface area contributed by atoms with Crippen LogP contribution >= 0.6 is 0 Å². The molecule has 0 bridgehead atoms. The second-order valence-corrected chi connectivity index (χ2v) is 8.70. The molecule has 7 nitrogen and oxygen atoms in total. The van der Waals surface area contributed by atoms with Crippen LogP contribution in [-0.2, 0) is 9.53 Å². The fourth-order valence-electron chi connectivity index (χ4n) is 4.15. The Kier molecular flexibility index (Phi) is 6.36. The number of aliphatic hydroxyl groups excluding tert-OH is 2. The van der Waals surface area contributed by atoms with Gasteiger partial charge in [-0.05, 0) is 62.4 Å². The number of ether oxygens (including phenoxy) is 1. The first-order valence-corrected chi connectivity index (χ1v) is 10.2. The van der Waals surface area contributed by atoms with Gasteiger partial charge < -0.3 is 25.5 Å². The topological polar surface area (TPSA) is 106 Å². The number of amides is 1. The van der Waals surface area contributed by atoms with Gasteiger partial charge in [0.15, 0.2) is 6.10 Å². The summed E-state index contributed by atoms with van der Waals surface area (Å²) in [7, 11) is 0. The minimum Gasteiger partial charge on any atom is -0.618 e. The van der Waals surface area contributed by atoms with Gasteiger partial charge in [-0.1, -0.05) is 13.0 Å². The maximum absolute atomic E-state index is 14.0. The van der Waals surface area contributed by atoms with E-state index in [9.17, 15) is 19.5 Å². The van der Waals surface area contributed by atoms with E-state index in [-0.39, 0.29) is 29.0 Å². The quantitative estimate of drug-likeness (QED) is 0.498. The second kappa shape index (κ2) is 8.53. The number of nitrogens with zero attached hydrogens (tertiary/aromatic N) is 1. The van der Waals surface area contributed by atoms with E-state index in [1.807, 2.05) is 27.7 Å². The van der Waals surface area contributed by atoms with Crippen molar-refractivity contribution in [3.63, 3.8) is 0 Å². The molecule has 1 fully saturated rings. The zero-order valence-electron chi connectivity index (χ0n) is 18.3. The Bertz CT molecular complexity index is 994. The Labute approximate surface area is 181 Å². The molecule has 0 saturated carbocycles. The number of hydrogen-bond donors (Lipinski definition) is 3. The summed E-state index contributed by atoms with van der Waals surface area (Å²) in [4.78, 5) is 13.2. The highest BCUT2D eigenvalue weighted by atomic mass is 19.1. The van der Waals surface area contributed by atoms with Crippen LogP contribution in [0.1, 0.15) is 55.2 Å². The first kappa shape index (κ1) is 23.1. The monoisotopic (exact) mass is 432 g/mol. The molecule has 1 saturated heterocycles. The van der Waals surface area contributed by atoms with E-state index >= 15 is 0 Å². The molecule has 2 aromatic rings. The summed E-state index contributed by atoms with van der Waals surface area (Å²) >= 11 is 0. The summed E-state index contributed by atoms with van der Waals surface area (Å²) in [5, 5.41) is 33.5. The molecule has 3 N–H and O–H groups in total. The third kappa shape index (κ3) is 4.28. The van der Waals surface area contributed by atoms with Crippen molar-refractivity contribution in [3.05, 3.63) is 63.9 Å². The molecule has 31 heavy (non-hydrogen) atoms. The standard InChI is InChI=1S/C23H29FN2O5/c1-12-13(2)17(24)8-7-16(12)20-14(3)23(4,5)31-21(20)22(29)25-15-6-9-18(19(28)11-27)26(30)10-15/h6-10,14,19-21,27-28H,11H2,1-5H3,(H,25,29)/t14-,19+,20-,21+/m0/s1. The lowest BCUT2D eigenvalue weighted by molar-refractivity contribution is -0.618. The van der Waals surface area contributed by atoms with Crippen LogP contribution in [0, 0.1) is 30.8 Å². The molecule has 0 spiro atoms. The van der Waals surface area contributed by atoms with Crippen molar-refractivity contribution >= 4 is 11.6 Å². The number of carbonyl (C=O) groups is 1. The molecule has 168 valence electrons. The van der Waals surface area contributed by atoms with Crippen LogP contribution in [0.3, 0.4) is 0 Å². The summed E-state index contributed by atoms with van der Waals surface area (Å²) in [6.45, 7) is 8.80. The average Bonchev–Trinajstić information content (AvgIpc) is 2.95. The molecule has 4 atom stereocenters. The maximum Gasteiger partial charge on any atom is 0.254 e. The van der Waals surface area contributed by atoms with Crippen LogP contribution in [0.25, 0.3) is 0 Å². The van der Waals surface area contributed by atoms with Gasteiger partial charge in [-0.25, -0.2) is 4.39 Å². The number of rotatable bonds is 5. The van der Waals surface area contributed by atoms with E-state index in [4.69, 9.17) is 9.84 Å². The van der Waals surface area contributed by atoms with Crippen molar-refractivity contribution in [3.8, 4) is 0 Å². The number of carbonyl (C=O) groups excluding carboxylic acids is 1. The van der Waals surface area contributed by atoms with E-state index in [1.165, 1.54) is 18.2 Å². The van der Waals surface area contributed by atoms with Crippen molar-refractivity contribution in [2.45, 2.75) is 58.3 Å². The number of aromatic nitrogens is 1. The highest BCUT2D eigenvalue weighted by molar-refractivity contribution is 5.95. The first-order chi connectivity index (χ1) is 14.5. The normalized spacial score (nSPS) is 23.5. The summed E-state index contributed by atoms with van der Waals surface area (Å²) < 4.78 is 20.6. The summed E-state index contributed by atoms with van der Waals surface area (Å²) in [5.41, 5.74) is 1.81. The molecule has 1 amide bonds. The van der Waals surface area contributed by atoms with Crippen LogP contribution in [0.2, 0.25) is 0 Å². The zero-order chi connectivity index (χ0) is 23.1. The van der Waals surface area contributed by atoms with E-state index in [0.29, 0.717) is 10.3 Å². The summed E-state index contributed by atoms with van der Waals surface area (Å²) in [6, 6.07) is 5.94. The third-order valence-electron chi connectivity index (χ3n) is 6.50. The number of pyridine rings is 1. The van der Waals surface area contributed by atoms with Gasteiger partial charge in [0, 0.05) is 12.0 Å². The van der Waals surface area contributed by atoms with Crippen molar-refractivity contribution in [2.75, 3.05) is 11.9 Å². The average molecular weight is 432 g/mol. The van der Waals surface area contributed by atoms with Crippen LogP contribution in [-0.4, -0.2) is 34.4 Å². The maximum atomic E-state index is 14.0. The van der Waals surface area contributed by atoms with Crippen molar-refractivity contribution < 1.29 is 28.9 Å². The zero-order valence-corrected chi connectivity index (χ0v) is 18.3. The van der Waals surface area contributed by atoms with Crippen LogP contribution in [0.4, 0.5) is 10.1 Å². The Morgan fingerprint density at radius 3 is 2.58 bits per heavy atom. The molecular weight excluding hydrogens is 403 g/mol. The Morgan fingerprint density at radius 1 is 1.29 bits per heavy atom. The number of benzene rings is 1. The van der Waals surface area contributed by atoms with Gasteiger partial charge >= 0.3 is 0 Å². The molecule has 0 radical (unpaired) electrons. The van der Waals surface area contributed by atoms with E-state index < -0.39 is 30.3 Å². The molecule has 1 aromatic heterocycles. The van der Waals surface area contributed by atoms with E-state index in [2.05, 4.69) is 5.32 Å². The molecular formula is C23H29FN2O5. The van der Waals surface area contributed by atoms with Crippen LogP contribution < -0.4 is 10.0 Å². The van der Waals surface area contributed by atoms with Gasteiger partial charge in [-0.15, -0.1) is 0 Å². The molecule has 0 unspecified atom stereocenters. The molecule has 0 aliphatic carbocycles. The molecule has 1 aromatic carbocycles. The third-order valence-corrected chi connectivity index (χ3v) is 6.50. The summed E-state index contributed by atoms with van der Waals surface area (Å²) in [5.74, 6) is -1.04. The predicted molar refractivity (Wildman–Crippen MR) is 113 cm³/mol. The molecule has 2 heterocycles. The number of anilines is 1. The molecule has 8 heteroatoms. The highest BCUT2D eigenvalue weighted by Crippen LogP contribution is 2.47. The SMILES string of the molecule is Cc1c(F)ccc([C@H]2[C@H](C(=O)Nc3ccc([C@H](O)CO)[n+]([O-])c3)OC(C)(C)[C@H]2C)c1C. The Hall–Kier alpha value is -2.55. The highest BCUT2D eigenvalue weighted by Gasteiger charge is 2.51. The van der Waals surface area contributed by atoms with Gasteiger partial charge in [-0.3, -0.25) is 4.79 Å². The first-order valence-electron chi connectivity index (χ1n) is 10.2. The number of halogens is 1. The van der Waals surface area contributed by atoms with Gasteiger partial charge in [-0.2, -0.15) is 4.73 Å². The smallest absolute Gasteiger partial charge is 0.254 e. The second-order valence-electron chi connectivity index (χ2n) is 8.70. The fraction of sp³-hybridized carbons (Fsp3) is 0.478. The predicted octanol–water partition coefficient (Wildman–Crippen LogP) is 2.64. The van der Waals surface area contributed by atoms with Gasteiger partial charge in [0.1, 0.15) is 17.6 Å². The van der Waals surface area contributed by atoms with Crippen molar-refractivity contribution in [1.29, 1.82) is 0 Å². The van der Waals surface area contributed by atoms with Crippen molar-refractivity contribution in [2.24, 2.45) is 5.92 Å². The lowest BCUT2D eigenvalue weighted by atomic mass is 9.76. The molecule has 3 rings (SSSR count). The largest absolute Gasteiger partial charge is 0.618 e. The number of nitrogens with one attached hydrogen (secondary N) is 1. The lowest BCUT2D eigenvalue weighted by Gasteiger charge is -2.26.